The number of hydrogen-bond donors (Lipinski definition) is 1. The normalized spacial score (nSPS) is 15.1. The van der Waals surface area contributed by atoms with Crippen LogP contribution in [0.2, 0.25) is 0 Å². The van der Waals surface area contributed by atoms with Crippen LogP contribution in [0.5, 0.6) is 11.5 Å². The highest BCUT2D eigenvalue weighted by Gasteiger charge is 2.37. The third kappa shape index (κ3) is 3.91. The maximum absolute atomic E-state index is 14.1. The summed E-state index contributed by atoms with van der Waals surface area (Å²) in [6, 6.07) is 10.5. The zero-order valence-electron chi connectivity index (χ0n) is 15.1. The number of nitrogens with zero attached hydrogens (tertiary/aromatic N) is 2. The Labute approximate surface area is 164 Å². The fourth-order valence-corrected chi connectivity index (χ4v) is 2.68. The molecule has 4 amide bonds. The lowest BCUT2D eigenvalue weighted by atomic mass is 10.1. The molecule has 1 aliphatic heterocycles. The van der Waals surface area contributed by atoms with E-state index in [0.29, 0.717) is 16.2 Å². The number of halogens is 1. The predicted octanol–water partition coefficient (Wildman–Crippen LogP) is 2.40. The number of nitrogens with one attached hydrogen (secondary N) is 1. The maximum Gasteiger partial charge on any atom is 0.336 e. The first-order chi connectivity index (χ1) is 14.0. The van der Waals surface area contributed by atoms with Crippen LogP contribution in [0, 0.1) is 17.1 Å². The molecule has 1 saturated heterocycles. The number of benzene rings is 2. The molecular weight excluding hydrogens is 381 g/mol. The molecular formula is C20H14FN3O5. The van der Waals surface area contributed by atoms with Gasteiger partial charge in [-0.3, -0.25) is 14.9 Å². The summed E-state index contributed by atoms with van der Waals surface area (Å²) in [5.41, 5.74) is -0.237. The smallest absolute Gasteiger partial charge is 0.336 e. The summed E-state index contributed by atoms with van der Waals surface area (Å²) in [7, 11) is 1.39. The molecule has 29 heavy (non-hydrogen) atoms. The summed E-state index contributed by atoms with van der Waals surface area (Å²) >= 11 is 0. The van der Waals surface area contributed by atoms with E-state index in [1.165, 1.54) is 49.6 Å². The molecule has 2 aromatic rings. The molecule has 1 aliphatic rings. The van der Waals surface area contributed by atoms with E-state index < -0.39 is 23.7 Å². The number of ether oxygens (including phenoxy) is 2. The van der Waals surface area contributed by atoms with E-state index in [1.807, 2.05) is 11.4 Å². The molecule has 3 rings (SSSR count). The standard InChI is InChI=1S/C20H14FN3O5/c1-28-17-11-12(6-7-16(17)29-9-8-22)10-13-18(25)23-20(27)24(19(13)26)15-5-3-2-4-14(15)21/h2-7,10-11H,9H2,1H3,(H,23,25,27). The lowest BCUT2D eigenvalue weighted by Crippen LogP contribution is -2.54. The molecule has 0 spiro atoms. The Morgan fingerprint density at radius 3 is 2.62 bits per heavy atom. The SMILES string of the molecule is COc1cc(C=C2C(=O)NC(=O)N(c3ccccc3F)C2=O)ccc1OCC#N. The van der Waals surface area contributed by atoms with Gasteiger partial charge in [0.1, 0.15) is 17.5 Å². The molecule has 0 unspecified atom stereocenters. The Balaban J connectivity index is 1.99. The highest BCUT2D eigenvalue weighted by Crippen LogP contribution is 2.30. The molecule has 2 aromatic carbocycles. The lowest BCUT2D eigenvalue weighted by molar-refractivity contribution is -0.122. The van der Waals surface area contributed by atoms with Gasteiger partial charge < -0.3 is 9.47 Å². The van der Waals surface area contributed by atoms with Gasteiger partial charge >= 0.3 is 6.03 Å². The number of amides is 4. The van der Waals surface area contributed by atoms with E-state index in [4.69, 9.17) is 14.7 Å². The molecule has 0 bridgehead atoms. The van der Waals surface area contributed by atoms with E-state index in [1.54, 1.807) is 0 Å². The molecule has 0 saturated carbocycles. The minimum Gasteiger partial charge on any atom is -0.493 e. The number of rotatable bonds is 5. The third-order valence-corrected chi connectivity index (χ3v) is 3.99. The molecule has 1 heterocycles. The summed E-state index contributed by atoms with van der Waals surface area (Å²) < 4.78 is 24.5. The molecule has 9 heteroatoms. The Morgan fingerprint density at radius 1 is 1.17 bits per heavy atom. The number of hydrogen-bond acceptors (Lipinski definition) is 6. The zero-order valence-corrected chi connectivity index (χ0v) is 15.1. The molecule has 1 N–H and O–H groups in total. The van der Waals surface area contributed by atoms with Crippen molar-refractivity contribution in [3.8, 4) is 17.6 Å². The number of imide groups is 2. The minimum absolute atomic E-state index is 0.183. The first kappa shape index (κ1) is 19.6. The van der Waals surface area contributed by atoms with Crippen molar-refractivity contribution in [3.05, 3.63) is 59.4 Å². The molecule has 0 radical (unpaired) electrons. The first-order valence-electron chi connectivity index (χ1n) is 8.30. The van der Waals surface area contributed by atoms with E-state index in [0.717, 1.165) is 6.07 Å². The van der Waals surface area contributed by atoms with Crippen LogP contribution in [0.15, 0.2) is 48.0 Å². The van der Waals surface area contributed by atoms with E-state index in [2.05, 4.69) is 0 Å². The Kier molecular flexibility index (Phi) is 5.55. The number of methoxy groups -OCH3 is 1. The van der Waals surface area contributed by atoms with Crippen molar-refractivity contribution in [3.63, 3.8) is 0 Å². The zero-order chi connectivity index (χ0) is 21.0. The monoisotopic (exact) mass is 395 g/mol. The van der Waals surface area contributed by atoms with E-state index in [9.17, 15) is 18.8 Å². The largest absolute Gasteiger partial charge is 0.493 e. The second kappa shape index (κ2) is 8.22. The van der Waals surface area contributed by atoms with Gasteiger partial charge in [-0.2, -0.15) is 5.26 Å². The van der Waals surface area contributed by atoms with Crippen LogP contribution < -0.4 is 19.7 Å². The van der Waals surface area contributed by atoms with Crippen molar-refractivity contribution in [2.24, 2.45) is 0 Å². The molecule has 0 aromatic heterocycles. The number of para-hydroxylation sites is 1. The number of nitriles is 1. The van der Waals surface area contributed by atoms with Gasteiger partial charge in [0.15, 0.2) is 18.1 Å². The second-order valence-electron chi connectivity index (χ2n) is 5.77. The number of barbiturate groups is 1. The van der Waals surface area contributed by atoms with Gasteiger partial charge in [0.2, 0.25) is 0 Å². The highest BCUT2D eigenvalue weighted by molar-refractivity contribution is 6.39. The van der Waals surface area contributed by atoms with Gasteiger partial charge in [-0.15, -0.1) is 0 Å². The third-order valence-electron chi connectivity index (χ3n) is 3.99. The van der Waals surface area contributed by atoms with E-state index >= 15 is 0 Å². The molecule has 1 fully saturated rings. The maximum atomic E-state index is 14.1. The van der Waals surface area contributed by atoms with Gasteiger partial charge in [-0.1, -0.05) is 18.2 Å². The van der Waals surface area contributed by atoms with Crippen LogP contribution >= 0.6 is 0 Å². The van der Waals surface area contributed by atoms with Crippen LogP contribution in [0.25, 0.3) is 6.08 Å². The van der Waals surface area contributed by atoms with Crippen molar-refractivity contribution in [1.29, 1.82) is 5.26 Å². The number of urea groups is 1. The van der Waals surface area contributed by atoms with Crippen LogP contribution in [-0.2, 0) is 9.59 Å². The average molecular weight is 395 g/mol. The summed E-state index contributed by atoms with van der Waals surface area (Å²) in [6.45, 7) is -0.183. The summed E-state index contributed by atoms with van der Waals surface area (Å²) in [5.74, 6) is -2.08. The van der Waals surface area contributed by atoms with Crippen molar-refractivity contribution in [2.75, 3.05) is 18.6 Å². The van der Waals surface area contributed by atoms with Crippen LogP contribution in [-0.4, -0.2) is 31.6 Å². The fourth-order valence-electron chi connectivity index (χ4n) is 2.68. The predicted molar refractivity (Wildman–Crippen MR) is 99.5 cm³/mol. The summed E-state index contributed by atoms with van der Waals surface area (Å²) in [5, 5.41) is 10.6. The molecule has 0 aliphatic carbocycles. The molecule has 0 atom stereocenters. The average Bonchev–Trinajstić information content (AvgIpc) is 2.71. The van der Waals surface area contributed by atoms with E-state index in [-0.39, 0.29) is 23.6 Å². The van der Waals surface area contributed by atoms with Gasteiger partial charge in [-0.05, 0) is 35.9 Å². The van der Waals surface area contributed by atoms with Crippen molar-refractivity contribution < 1.29 is 28.2 Å². The van der Waals surface area contributed by atoms with Gasteiger partial charge in [0, 0.05) is 0 Å². The van der Waals surface area contributed by atoms with Crippen LogP contribution in [0.4, 0.5) is 14.9 Å². The number of anilines is 1. The van der Waals surface area contributed by atoms with Crippen molar-refractivity contribution >= 4 is 29.6 Å². The second-order valence-corrected chi connectivity index (χ2v) is 5.77. The van der Waals surface area contributed by atoms with Gasteiger partial charge in [-0.25, -0.2) is 14.1 Å². The lowest BCUT2D eigenvalue weighted by Gasteiger charge is -2.26. The summed E-state index contributed by atoms with van der Waals surface area (Å²) in [4.78, 5) is 37.7. The minimum atomic E-state index is -1.04. The summed E-state index contributed by atoms with van der Waals surface area (Å²) in [6.07, 6.45) is 1.24. The quantitative estimate of drug-likeness (QED) is 0.615. The van der Waals surface area contributed by atoms with Gasteiger partial charge in [0.05, 0.1) is 12.8 Å². The number of carbonyl (C=O) groups is 3. The Morgan fingerprint density at radius 2 is 1.93 bits per heavy atom. The Hall–Kier alpha value is -4.19. The molecule has 146 valence electrons. The van der Waals surface area contributed by atoms with Crippen LogP contribution in [0.3, 0.4) is 0 Å². The highest BCUT2D eigenvalue weighted by atomic mass is 19.1. The van der Waals surface area contributed by atoms with Crippen molar-refractivity contribution in [1.82, 2.24) is 5.32 Å². The van der Waals surface area contributed by atoms with Crippen LogP contribution in [0.1, 0.15) is 5.56 Å². The first-order valence-corrected chi connectivity index (χ1v) is 8.30. The van der Waals surface area contributed by atoms with Crippen molar-refractivity contribution in [2.45, 2.75) is 0 Å². The topological polar surface area (TPSA) is 109 Å². The number of carbonyl (C=O) groups excluding carboxylic acids is 3. The molecule has 8 nitrogen and oxygen atoms in total. The Bertz CT molecular complexity index is 1070. The fraction of sp³-hybridized carbons (Fsp3) is 0.100. The van der Waals surface area contributed by atoms with Gasteiger partial charge in [0.25, 0.3) is 11.8 Å².